The molecular weight excluding hydrogens is 336 g/mol. The van der Waals surface area contributed by atoms with Gasteiger partial charge in [-0.2, -0.15) is 0 Å². The number of imidazole rings is 1. The normalized spacial score (nSPS) is 14.1. The highest BCUT2D eigenvalue weighted by molar-refractivity contribution is 6.04. The summed E-state index contributed by atoms with van der Waals surface area (Å²) in [6, 6.07) is 17.4. The summed E-state index contributed by atoms with van der Waals surface area (Å²) in [6.07, 6.45) is 4.68. The Morgan fingerprint density at radius 1 is 0.926 bits per heavy atom. The maximum absolute atomic E-state index is 12.6. The van der Waals surface area contributed by atoms with Crippen molar-refractivity contribution in [3.05, 3.63) is 66.1 Å². The van der Waals surface area contributed by atoms with Gasteiger partial charge in [0.15, 0.2) is 0 Å². The third-order valence-corrected chi connectivity index (χ3v) is 5.20. The first-order valence-corrected chi connectivity index (χ1v) is 9.44. The quantitative estimate of drug-likeness (QED) is 0.573. The van der Waals surface area contributed by atoms with Gasteiger partial charge < -0.3 is 9.88 Å². The number of para-hydroxylation sites is 1. The third kappa shape index (κ3) is 2.95. The number of pyridine rings is 1. The summed E-state index contributed by atoms with van der Waals surface area (Å²) >= 11 is 0. The molecule has 4 aromatic rings. The van der Waals surface area contributed by atoms with Crippen molar-refractivity contribution in [1.82, 2.24) is 14.5 Å². The number of aromatic nitrogens is 3. The first-order chi connectivity index (χ1) is 13.3. The number of aryl methyl sites for hydroxylation is 2. The fourth-order valence-electron chi connectivity index (χ4n) is 3.82. The van der Waals surface area contributed by atoms with E-state index in [0.29, 0.717) is 5.69 Å². The Labute approximate surface area is 157 Å². The van der Waals surface area contributed by atoms with Gasteiger partial charge in [-0.25, -0.2) is 9.97 Å². The van der Waals surface area contributed by atoms with Gasteiger partial charge in [-0.3, -0.25) is 4.79 Å². The van der Waals surface area contributed by atoms with Gasteiger partial charge in [0.1, 0.15) is 11.5 Å². The lowest BCUT2D eigenvalue weighted by Gasteiger charge is -2.07. The van der Waals surface area contributed by atoms with Gasteiger partial charge in [-0.05, 0) is 43.2 Å². The number of rotatable bonds is 2. The maximum Gasteiger partial charge on any atom is 0.274 e. The second-order valence-corrected chi connectivity index (χ2v) is 7.04. The molecule has 0 saturated heterocycles. The van der Waals surface area contributed by atoms with Gasteiger partial charge in [-0.15, -0.1) is 0 Å². The molecule has 134 valence electrons. The highest BCUT2D eigenvalue weighted by atomic mass is 16.1. The Morgan fingerprint density at radius 2 is 1.85 bits per heavy atom. The van der Waals surface area contributed by atoms with E-state index in [1.807, 2.05) is 42.5 Å². The Morgan fingerprint density at radius 3 is 2.81 bits per heavy atom. The molecule has 5 nitrogen and oxygen atoms in total. The van der Waals surface area contributed by atoms with Crippen LogP contribution in [0.15, 0.2) is 54.6 Å². The fourth-order valence-corrected chi connectivity index (χ4v) is 3.82. The zero-order chi connectivity index (χ0) is 18.2. The van der Waals surface area contributed by atoms with E-state index in [1.54, 1.807) is 6.07 Å². The molecule has 0 bridgehead atoms. The number of hydrogen-bond acceptors (Lipinski definition) is 3. The van der Waals surface area contributed by atoms with Crippen LogP contribution >= 0.6 is 0 Å². The van der Waals surface area contributed by atoms with Crippen LogP contribution in [0.25, 0.3) is 21.9 Å². The number of hydrogen-bond donors (Lipinski definition) is 1. The average Bonchev–Trinajstić information content (AvgIpc) is 2.87. The number of fused-ring (bicyclic) bond motifs is 4. The first kappa shape index (κ1) is 16.0. The van der Waals surface area contributed by atoms with E-state index in [0.717, 1.165) is 46.4 Å². The van der Waals surface area contributed by atoms with Gasteiger partial charge in [0.25, 0.3) is 5.91 Å². The van der Waals surface area contributed by atoms with E-state index in [1.165, 1.54) is 19.3 Å². The highest BCUT2D eigenvalue weighted by Crippen LogP contribution is 2.24. The Hall–Kier alpha value is -3.21. The molecule has 0 aliphatic carbocycles. The zero-order valence-corrected chi connectivity index (χ0v) is 15.0. The molecule has 2 aromatic heterocycles. The van der Waals surface area contributed by atoms with Gasteiger partial charge in [0.2, 0.25) is 0 Å². The fraction of sp³-hybridized carbons (Fsp3) is 0.227. The number of benzene rings is 2. The zero-order valence-electron chi connectivity index (χ0n) is 15.0. The summed E-state index contributed by atoms with van der Waals surface area (Å²) in [5.41, 5.74) is 4.06. The third-order valence-electron chi connectivity index (χ3n) is 5.20. The van der Waals surface area contributed by atoms with Crippen LogP contribution in [0.3, 0.4) is 0 Å². The van der Waals surface area contributed by atoms with Crippen LogP contribution in [0.2, 0.25) is 0 Å². The van der Waals surface area contributed by atoms with Crippen LogP contribution in [-0.4, -0.2) is 20.4 Å². The minimum atomic E-state index is -0.208. The molecular formula is C22H20N4O. The molecule has 3 heterocycles. The number of nitrogens with zero attached hydrogens (tertiary/aromatic N) is 3. The molecule has 27 heavy (non-hydrogen) atoms. The summed E-state index contributed by atoms with van der Waals surface area (Å²) in [7, 11) is 0. The number of carbonyl (C=O) groups excluding carboxylic acids is 1. The average molecular weight is 356 g/mol. The van der Waals surface area contributed by atoms with Gasteiger partial charge in [0.05, 0.1) is 16.6 Å². The predicted molar refractivity (Wildman–Crippen MR) is 107 cm³/mol. The van der Waals surface area contributed by atoms with Crippen LogP contribution in [-0.2, 0) is 13.0 Å². The van der Waals surface area contributed by atoms with E-state index >= 15 is 0 Å². The van der Waals surface area contributed by atoms with Crippen molar-refractivity contribution in [2.75, 3.05) is 5.32 Å². The minimum absolute atomic E-state index is 0.208. The van der Waals surface area contributed by atoms with E-state index in [-0.39, 0.29) is 5.91 Å². The molecule has 0 unspecified atom stereocenters. The Bertz CT molecular complexity index is 1160. The van der Waals surface area contributed by atoms with Crippen molar-refractivity contribution in [1.29, 1.82) is 0 Å². The number of anilines is 1. The molecule has 5 heteroatoms. The summed E-state index contributed by atoms with van der Waals surface area (Å²) in [4.78, 5) is 21.9. The molecule has 1 aliphatic rings. The van der Waals surface area contributed by atoms with Crippen LogP contribution in [0.4, 0.5) is 5.69 Å². The summed E-state index contributed by atoms with van der Waals surface area (Å²) in [6.45, 7) is 1.03. The minimum Gasteiger partial charge on any atom is -0.328 e. The molecule has 0 saturated carbocycles. The van der Waals surface area contributed by atoms with E-state index in [2.05, 4.69) is 20.9 Å². The van der Waals surface area contributed by atoms with E-state index < -0.39 is 0 Å². The topological polar surface area (TPSA) is 59.8 Å². The molecule has 2 aromatic carbocycles. The van der Waals surface area contributed by atoms with Crippen molar-refractivity contribution >= 4 is 33.5 Å². The highest BCUT2D eigenvalue weighted by Gasteiger charge is 2.15. The summed E-state index contributed by atoms with van der Waals surface area (Å²) in [5, 5.41) is 3.98. The van der Waals surface area contributed by atoms with Gasteiger partial charge >= 0.3 is 0 Å². The molecule has 1 aliphatic heterocycles. The molecule has 0 fully saturated rings. The van der Waals surface area contributed by atoms with Crippen molar-refractivity contribution in [3.8, 4) is 0 Å². The van der Waals surface area contributed by atoms with Crippen LogP contribution in [0.5, 0.6) is 0 Å². The molecule has 1 N–H and O–H groups in total. The van der Waals surface area contributed by atoms with Crippen LogP contribution in [0.1, 0.15) is 35.6 Å². The molecule has 0 radical (unpaired) electrons. The Balaban J connectivity index is 1.44. The number of nitrogens with one attached hydrogen (secondary N) is 1. The molecule has 0 spiro atoms. The van der Waals surface area contributed by atoms with Crippen molar-refractivity contribution in [2.45, 2.75) is 32.2 Å². The van der Waals surface area contributed by atoms with E-state index in [4.69, 9.17) is 4.98 Å². The monoisotopic (exact) mass is 356 g/mol. The van der Waals surface area contributed by atoms with Crippen molar-refractivity contribution in [2.24, 2.45) is 0 Å². The molecule has 1 amide bonds. The van der Waals surface area contributed by atoms with Gasteiger partial charge in [-0.1, -0.05) is 30.7 Å². The predicted octanol–water partition coefficient (Wildman–Crippen LogP) is 4.56. The smallest absolute Gasteiger partial charge is 0.274 e. The summed E-state index contributed by atoms with van der Waals surface area (Å²) < 4.78 is 2.32. The van der Waals surface area contributed by atoms with Crippen molar-refractivity contribution in [3.63, 3.8) is 0 Å². The number of carbonyl (C=O) groups is 1. The lowest BCUT2D eigenvalue weighted by molar-refractivity contribution is 0.102. The van der Waals surface area contributed by atoms with E-state index in [9.17, 15) is 4.79 Å². The number of amides is 1. The Kier molecular flexibility index (Phi) is 3.85. The molecule has 5 rings (SSSR count). The van der Waals surface area contributed by atoms with Crippen molar-refractivity contribution < 1.29 is 4.79 Å². The maximum atomic E-state index is 12.6. The lowest BCUT2D eigenvalue weighted by atomic mass is 10.2. The van der Waals surface area contributed by atoms with Crippen LogP contribution in [0, 0.1) is 0 Å². The molecule has 0 atom stereocenters. The second kappa shape index (κ2) is 6.50. The lowest BCUT2D eigenvalue weighted by Crippen LogP contribution is -2.13. The standard InChI is InChI=1S/C22H20N4O/c27-22(18-11-9-15-6-3-4-7-17(15)24-18)23-16-10-12-20-19(14-16)25-21-8-2-1-5-13-26(20)21/h3-4,6-7,9-12,14H,1-2,5,8,13H2,(H,23,27). The van der Waals surface area contributed by atoms with Crippen LogP contribution < -0.4 is 5.32 Å². The largest absolute Gasteiger partial charge is 0.328 e. The first-order valence-electron chi connectivity index (χ1n) is 9.44. The SMILES string of the molecule is O=C(Nc1ccc2c(c1)nc1n2CCCCC1)c1ccc2ccccc2n1. The summed E-state index contributed by atoms with van der Waals surface area (Å²) in [5.74, 6) is 0.947. The second-order valence-electron chi connectivity index (χ2n) is 7.04. The van der Waals surface area contributed by atoms with Gasteiger partial charge in [0, 0.05) is 24.0 Å².